The number of benzene rings is 1. The molecule has 2 aliphatic rings. The Balaban J connectivity index is 1.43. The highest BCUT2D eigenvalue weighted by Gasteiger charge is 2.40. The Morgan fingerprint density at radius 1 is 1.33 bits per heavy atom. The van der Waals surface area contributed by atoms with Crippen LogP contribution in [0.3, 0.4) is 0 Å². The summed E-state index contributed by atoms with van der Waals surface area (Å²) in [6.45, 7) is 0.846. The second-order valence-corrected chi connectivity index (χ2v) is 5.67. The fraction of sp³-hybridized carbons (Fsp3) is 0.429. The topological polar surface area (TPSA) is 70.7 Å². The number of nitrogens with one attached hydrogen (secondary N) is 2. The molecular formula is C14H16ClN3O3. The van der Waals surface area contributed by atoms with Crippen molar-refractivity contribution in [2.24, 2.45) is 0 Å². The fourth-order valence-corrected chi connectivity index (χ4v) is 2.37. The maximum Gasteiger partial charge on any atom is 0.410 e. The number of ether oxygens (including phenoxy) is 1. The largest absolute Gasteiger partial charge is 0.442 e. The molecule has 3 rings (SSSR count). The van der Waals surface area contributed by atoms with Crippen LogP contribution >= 0.6 is 11.6 Å². The third-order valence-corrected chi connectivity index (χ3v) is 3.73. The van der Waals surface area contributed by atoms with Crippen LogP contribution in [0.15, 0.2) is 24.3 Å². The Morgan fingerprint density at radius 2 is 2.05 bits per heavy atom. The summed E-state index contributed by atoms with van der Waals surface area (Å²) in [5.74, 6) is 0. The molecule has 1 atom stereocenters. The summed E-state index contributed by atoms with van der Waals surface area (Å²) in [6.07, 6.45) is 1.54. The van der Waals surface area contributed by atoms with Gasteiger partial charge in [0.2, 0.25) is 0 Å². The molecule has 1 aliphatic carbocycles. The molecule has 1 aromatic carbocycles. The molecule has 21 heavy (non-hydrogen) atoms. The zero-order valence-corrected chi connectivity index (χ0v) is 12.1. The average molecular weight is 310 g/mol. The minimum absolute atomic E-state index is 0.276. The zero-order chi connectivity index (χ0) is 14.8. The minimum Gasteiger partial charge on any atom is -0.442 e. The molecule has 112 valence electrons. The summed E-state index contributed by atoms with van der Waals surface area (Å²) in [6, 6.07) is 6.83. The van der Waals surface area contributed by atoms with Gasteiger partial charge in [0.25, 0.3) is 0 Å². The maximum absolute atomic E-state index is 11.8. The highest BCUT2D eigenvalue weighted by molar-refractivity contribution is 6.30. The van der Waals surface area contributed by atoms with E-state index in [1.807, 2.05) is 0 Å². The highest BCUT2D eigenvalue weighted by Crippen LogP contribution is 2.30. The first-order valence-corrected chi connectivity index (χ1v) is 7.27. The number of hydrogen-bond acceptors (Lipinski definition) is 3. The summed E-state index contributed by atoms with van der Waals surface area (Å²) in [5.41, 5.74) is 0.653. The van der Waals surface area contributed by atoms with Gasteiger partial charge in [-0.25, -0.2) is 9.59 Å². The number of cyclic esters (lactones) is 1. The molecule has 1 saturated carbocycles. The van der Waals surface area contributed by atoms with E-state index in [-0.39, 0.29) is 18.2 Å². The van der Waals surface area contributed by atoms with Crippen molar-refractivity contribution in [2.45, 2.75) is 25.0 Å². The summed E-state index contributed by atoms with van der Waals surface area (Å²) in [4.78, 5) is 25.1. The Labute approximate surface area is 127 Å². The standard InChI is InChI=1S/C14H16ClN3O3/c15-9-1-3-10(4-2-9)17-13(19)16-7-12-8-18(11-5-6-11)14(20)21-12/h1-4,11-12H,5-8H2,(H2,16,17,19). The smallest absolute Gasteiger partial charge is 0.410 e. The maximum atomic E-state index is 11.8. The van der Waals surface area contributed by atoms with Crippen molar-refractivity contribution in [3.8, 4) is 0 Å². The van der Waals surface area contributed by atoms with Crippen molar-refractivity contribution in [1.82, 2.24) is 10.2 Å². The predicted molar refractivity (Wildman–Crippen MR) is 78.5 cm³/mol. The Kier molecular flexibility index (Phi) is 3.88. The Morgan fingerprint density at radius 3 is 2.71 bits per heavy atom. The number of hydrogen-bond donors (Lipinski definition) is 2. The van der Waals surface area contributed by atoms with Gasteiger partial charge in [0.1, 0.15) is 6.10 Å². The number of urea groups is 1. The SMILES string of the molecule is O=C(NCC1CN(C2CC2)C(=O)O1)Nc1ccc(Cl)cc1. The van der Waals surface area contributed by atoms with Crippen molar-refractivity contribution in [3.63, 3.8) is 0 Å². The van der Waals surface area contributed by atoms with Crippen LogP contribution in [-0.2, 0) is 4.74 Å². The number of carbonyl (C=O) groups is 2. The van der Waals surface area contributed by atoms with Gasteiger partial charge >= 0.3 is 12.1 Å². The fourth-order valence-electron chi connectivity index (χ4n) is 2.25. The first kappa shape index (κ1) is 14.0. The molecule has 0 bridgehead atoms. The van der Waals surface area contributed by atoms with E-state index in [0.29, 0.717) is 29.8 Å². The average Bonchev–Trinajstić information content (AvgIpc) is 3.23. The second-order valence-electron chi connectivity index (χ2n) is 5.23. The van der Waals surface area contributed by atoms with Crippen molar-refractivity contribution in [1.29, 1.82) is 0 Å². The summed E-state index contributed by atoms with van der Waals surface area (Å²) >= 11 is 5.77. The first-order valence-electron chi connectivity index (χ1n) is 6.89. The van der Waals surface area contributed by atoms with Gasteiger partial charge < -0.3 is 20.3 Å². The lowest BCUT2D eigenvalue weighted by Gasteiger charge is -2.12. The van der Waals surface area contributed by atoms with Crippen LogP contribution in [0.1, 0.15) is 12.8 Å². The molecule has 2 N–H and O–H groups in total. The molecule has 1 aliphatic heterocycles. The molecule has 1 heterocycles. The van der Waals surface area contributed by atoms with Crippen LogP contribution in [0, 0.1) is 0 Å². The summed E-state index contributed by atoms with van der Waals surface area (Å²) < 4.78 is 5.22. The lowest BCUT2D eigenvalue weighted by Crippen LogP contribution is -2.37. The molecule has 0 aromatic heterocycles. The van der Waals surface area contributed by atoms with E-state index >= 15 is 0 Å². The molecule has 0 spiro atoms. The number of rotatable bonds is 4. The van der Waals surface area contributed by atoms with Crippen LogP contribution in [0.25, 0.3) is 0 Å². The second kappa shape index (κ2) is 5.81. The van der Waals surface area contributed by atoms with E-state index in [1.165, 1.54) is 0 Å². The normalized spacial score (nSPS) is 21.1. The van der Waals surface area contributed by atoms with Crippen LogP contribution in [0.2, 0.25) is 5.02 Å². The lowest BCUT2D eigenvalue weighted by molar-refractivity contribution is 0.131. The van der Waals surface area contributed by atoms with Crippen LogP contribution in [0.5, 0.6) is 0 Å². The third-order valence-electron chi connectivity index (χ3n) is 3.48. The zero-order valence-electron chi connectivity index (χ0n) is 11.3. The van der Waals surface area contributed by atoms with Crippen LogP contribution < -0.4 is 10.6 Å². The quantitative estimate of drug-likeness (QED) is 0.897. The van der Waals surface area contributed by atoms with E-state index in [9.17, 15) is 9.59 Å². The molecule has 1 unspecified atom stereocenters. The number of halogens is 1. The van der Waals surface area contributed by atoms with Gasteiger partial charge in [-0.1, -0.05) is 11.6 Å². The summed E-state index contributed by atoms with van der Waals surface area (Å²) in [7, 11) is 0. The third kappa shape index (κ3) is 3.58. The van der Waals surface area contributed by atoms with Gasteiger partial charge in [-0.2, -0.15) is 0 Å². The Bertz CT molecular complexity index is 545. The molecule has 6 nitrogen and oxygen atoms in total. The van der Waals surface area contributed by atoms with Crippen molar-refractivity contribution in [2.75, 3.05) is 18.4 Å². The van der Waals surface area contributed by atoms with E-state index in [1.54, 1.807) is 29.2 Å². The number of carbonyl (C=O) groups excluding carboxylic acids is 2. The van der Waals surface area contributed by atoms with E-state index in [0.717, 1.165) is 12.8 Å². The molecule has 3 amide bonds. The van der Waals surface area contributed by atoms with Gasteiger partial charge in [0.15, 0.2) is 0 Å². The monoisotopic (exact) mass is 309 g/mol. The first-order chi connectivity index (χ1) is 10.1. The van der Waals surface area contributed by atoms with Crippen molar-refractivity contribution < 1.29 is 14.3 Å². The number of anilines is 1. The molecule has 1 saturated heterocycles. The van der Waals surface area contributed by atoms with Gasteiger partial charge in [-0.05, 0) is 37.1 Å². The minimum atomic E-state index is -0.335. The summed E-state index contributed by atoms with van der Waals surface area (Å²) in [5, 5.41) is 6.00. The molecule has 2 fully saturated rings. The van der Waals surface area contributed by atoms with E-state index in [4.69, 9.17) is 16.3 Å². The van der Waals surface area contributed by atoms with Gasteiger partial charge in [0, 0.05) is 16.8 Å². The Hall–Kier alpha value is -1.95. The molecule has 0 radical (unpaired) electrons. The molecule has 1 aromatic rings. The molecular weight excluding hydrogens is 294 g/mol. The van der Waals surface area contributed by atoms with Crippen LogP contribution in [0.4, 0.5) is 15.3 Å². The predicted octanol–water partition coefficient (Wildman–Crippen LogP) is 2.44. The number of amides is 3. The van der Waals surface area contributed by atoms with Gasteiger partial charge in [-0.15, -0.1) is 0 Å². The van der Waals surface area contributed by atoms with Gasteiger partial charge in [0.05, 0.1) is 13.1 Å². The highest BCUT2D eigenvalue weighted by atomic mass is 35.5. The van der Waals surface area contributed by atoms with E-state index in [2.05, 4.69) is 10.6 Å². The van der Waals surface area contributed by atoms with Gasteiger partial charge in [-0.3, -0.25) is 0 Å². The number of nitrogens with zero attached hydrogens (tertiary/aromatic N) is 1. The van der Waals surface area contributed by atoms with Crippen molar-refractivity contribution >= 4 is 29.4 Å². The lowest BCUT2D eigenvalue weighted by atomic mass is 10.3. The van der Waals surface area contributed by atoms with Crippen molar-refractivity contribution in [3.05, 3.63) is 29.3 Å². The molecule has 7 heteroatoms. The van der Waals surface area contributed by atoms with Crippen LogP contribution in [-0.4, -0.2) is 42.3 Å². The van der Waals surface area contributed by atoms with E-state index < -0.39 is 0 Å².